The highest BCUT2D eigenvalue weighted by Crippen LogP contribution is 2.45. The molecular formula is C15H23ClOSi. The van der Waals surface area contributed by atoms with E-state index < -0.39 is 8.07 Å². The molecule has 0 bridgehead atoms. The lowest BCUT2D eigenvalue weighted by atomic mass is 9.96. The quantitative estimate of drug-likeness (QED) is 0.574. The Balaban J connectivity index is 2.53. The summed E-state index contributed by atoms with van der Waals surface area (Å²) in [5, 5.41) is 0.119. The van der Waals surface area contributed by atoms with E-state index in [0.717, 1.165) is 19.4 Å². The van der Waals surface area contributed by atoms with Crippen LogP contribution in [0.15, 0.2) is 24.3 Å². The second kappa shape index (κ2) is 4.99. The average molecular weight is 283 g/mol. The van der Waals surface area contributed by atoms with Gasteiger partial charge >= 0.3 is 0 Å². The molecule has 3 heteroatoms. The van der Waals surface area contributed by atoms with Crippen molar-refractivity contribution in [2.24, 2.45) is 0 Å². The lowest BCUT2D eigenvalue weighted by Crippen LogP contribution is -2.55. The van der Waals surface area contributed by atoms with Crippen molar-refractivity contribution in [3.63, 3.8) is 0 Å². The first-order chi connectivity index (χ1) is 8.37. The highest BCUT2D eigenvalue weighted by Gasteiger charge is 2.49. The summed E-state index contributed by atoms with van der Waals surface area (Å²) in [5.41, 5.74) is 2.68. The molecule has 0 saturated carbocycles. The Kier molecular flexibility index (Phi) is 3.91. The summed E-state index contributed by atoms with van der Waals surface area (Å²) in [4.78, 5) is 0. The van der Waals surface area contributed by atoms with Gasteiger partial charge in [0.25, 0.3) is 0 Å². The molecule has 0 N–H and O–H groups in total. The van der Waals surface area contributed by atoms with Crippen molar-refractivity contribution in [3.05, 3.63) is 35.4 Å². The number of hydrogen-bond acceptors (Lipinski definition) is 1. The van der Waals surface area contributed by atoms with E-state index in [-0.39, 0.29) is 10.6 Å². The summed E-state index contributed by atoms with van der Waals surface area (Å²) in [6.07, 6.45) is 1.93. The van der Waals surface area contributed by atoms with E-state index >= 15 is 0 Å². The predicted octanol–water partition coefficient (Wildman–Crippen LogP) is 4.49. The minimum Gasteiger partial charge on any atom is -0.374 e. The largest absolute Gasteiger partial charge is 0.374 e. The number of alkyl halides is 1. The van der Waals surface area contributed by atoms with E-state index in [0.29, 0.717) is 0 Å². The Morgan fingerprint density at radius 2 is 1.94 bits per heavy atom. The molecule has 18 heavy (non-hydrogen) atoms. The molecule has 1 nitrogen and oxygen atoms in total. The van der Waals surface area contributed by atoms with Crippen LogP contribution in [-0.4, -0.2) is 20.1 Å². The van der Waals surface area contributed by atoms with E-state index in [1.54, 1.807) is 0 Å². The lowest BCUT2D eigenvalue weighted by Gasteiger charge is -2.48. The Hall–Kier alpha value is -0.313. The monoisotopic (exact) mass is 282 g/mol. The van der Waals surface area contributed by atoms with E-state index in [1.807, 2.05) is 0 Å². The van der Waals surface area contributed by atoms with Gasteiger partial charge in [0.05, 0.1) is 13.3 Å². The molecule has 0 spiro atoms. The topological polar surface area (TPSA) is 9.23 Å². The van der Waals surface area contributed by atoms with Gasteiger partial charge in [-0.25, -0.2) is 0 Å². The summed E-state index contributed by atoms with van der Waals surface area (Å²) >= 11 is 6.45. The molecule has 0 radical (unpaired) electrons. The van der Waals surface area contributed by atoms with Crippen molar-refractivity contribution >= 4 is 19.7 Å². The van der Waals surface area contributed by atoms with Crippen molar-refractivity contribution in [3.8, 4) is 0 Å². The zero-order chi connectivity index (χ0) is 13.4. The van der Waals surface area contributed by atoms with Gasteiger partial charge in [-0.2, -0.15) is 0 Å². The van der Waals surface area contributed by atoms with Gasteiger partial charge < -0.3 is 4.74 Å². The fourth-order valence-electron chi connectivity index (χ4n) is 2.97. The summed E-state index contributed by atoms with van der Waals surface area (Å²) in [5.74, 6) is 0. The first kappa shape index (κ1) is 14.1. The van der Waals surface area contributed by atoms with Crippen molar-refractivity contribution in [2.45, 2.75) is 50.0 Å². The zero-order valence-corrected chi connectivity index (χ0v) is 13.6. The molecule has 1 aromatic carbocycles. The maximum Gasteiger partial charge on any atom is 0.0882 e. The van der Waals surface area contributed by atoms with Gasteiger partial charge in [0.1, 0.15) is 0 Å². The van der Waals surface area contributed by atoms with Gasteiger partial charge in [0.2, 0.25) is 0 Å². The van der Waals surface area contributed by atoms with Crippen LogP contribution in [0.4, 0.5) is 0 Å². The minimum atomic E-state index is -1.53. The number of halogens is 1. The van der Waals surface area contributed by atoms with Gasteiger partial charge in [0, 0.05) is 12.0 Å². The van der Waals surface area contributed by atoms with Crippen molar-refractivity contribution in [2.75, 3.05) is 6.61 Å². The van der Waals surface area contributed by atoms with Crippen LogP contribution in [0.2, 0.25) is 19.6 Å². The molecule has 1 aliphatic rings. The second-order valence-electron chi connectivity index (χ2n) is 6.33. The molecule has 1 aromatic rings. The van der Waals surface area contributed by atoms with Crippen LogP contribution < -0.4 is 0 Å². The first-order valence-corrected chi connectivity index (χ1v) is 10.6. The number of aryl methyl sites for hydroxylation is 1. The normalized spacial score (nSPS) is 29.3. The average Bonchev–Trinajstić information content (AvgIpc) is 2.28. The maximum atomic E-state index is 6.45. The van der Waals surface area contributed by atoms with Crippen LogP contribution in [0.25, 0.3) is 0 Å². The zero-order valence-electron chi connectivity index (χ0n) is 11.8. The number of hydrogen-bond donors (Lipinski definition) is 0. The summed E-state index contributed by atoms with van der Waals surface area (Å²) in [7, 11) is -1.53. The standard InChI is InChI=1S/C15H23ClOSi/c1-12-7-5-6-8-14(12)15(18(2,3)4)11-13(16)9-10-17-15/h5-8,13H,9-11H2,1-4H3. The van der Waals surface area contributed by atoms with Crippen LogP contribution in [0.1, 0.15) is 24.0 Å². The molecule has 0 amide bonds. The fourth-order valence-corrected chi connectivity index (χ4v) is 5.89. The third kappa shape index (κ3) is 2.38. The Bertz CT molecular complexity index is 427. The fraction of sp³-hybridized carbons (Fsp3) is 0.600. The maximum absolute atomic E-state index is 6.45. The first-order valence-electron chi connectivity index (χ1n) is 6.71. The van der Waals surface area contributed by atoms with E-state index in [4.69, 9.17) is 16.3 Å². The predicted molar refractivity (Wildman–Crippen MR) is 81.0 cm³/mol. The molecule has 2 unspecified atom stereocenters. The summed E-state index contributed by atoms with van der Waals surface area (Å²) < 4.78 is 6.34. The smallest absolute Gasteiger partial charge is 0.0882 e. The molecule has 1 aliphatic heterocycles. The highest BCUT2D eigenvalue weighted by molar-refractivity contribution is 6.78. The molecular weight excluding hydrogens is 260 g/mol. The second-order valence-corrected chi connectivity index (χ2v) is 12.3. The lowest BCUT2D eigenvalue weighted by molar-refractivity contribution is -0.0283. The van der Waals surface area contributed by atoms with Crippen molar-refractivity contribution in [1.29, 1.82) is 0 Å². The molecule has 1 heterocycles. The van der Waals surface area contributed by atoms with Crippen LogP contribution in [0.3, 0.4) is 0 Å². The molecule has 2 atom stereocenters. The number of ether oxygens (including phenoxy) is 1. The minimum absolute atomic E-state index is 0.122. The molecule has 100 valence electrons. The summed E-state index contributed by atoms with van der Waals surface area (Å²) in [6, 6.07) is 8.62. The Labute approximate surface area is 117 Å². The van der Waals surface area contributed by atoms with Crippen LogP contribution in [0.5, 0.6) is 0 Å². The van der Waals surface area contributed by atoms with Crippen molar-refractivity contribution < 1.29 is 4.74 Å². The van der Waals surface area contributed by atoms with Crippen LogP contribution in [0, 0.1) is 6.92 Å². The van der Waals surface area contributed by atoms with Gasteiger partial charge in [-0.15, -0.1) is 11.6 Å². The molecule has 1 saturated heterocycles. The third-order valence-electron chi connectivity index (χ3n) is 4.08. The van der Waals surface area contributed by atoms with E-state index in [9.17, 15) is 0 Å². The van der Waals surface area contributed by atoms with Gasteiger partial charge in [-0.05, 0) is 30.9 Å². The molecule has 0 aromatic heterocycles. The van der Waals surface area contributed by atoms with Crippen molar-refractivity contribution in [1.82, 2.24) is 0 Å². The highest BCUT2D eigenvalue weighted by atomic mass is 35.5. The third-order valence-corrected chi connectivity index (χ3v) is 7.49. The van der Waals surface area contributed by atoms with Crippen LogP contribution >= 0.6 is 11.6 Å². The van der Waals surface area contributed by atoms with Gasteiger partial charge in [-0.1, -0.05) is 43.9 Å². The SMILES string of the molecule is Cc1ccccc1C1([Si](C)(C)C)CC(Cl)CCO1. The van der Waals surface area contributed by atoms with Crippen LogP contribution in [-0.2, 0) is 9.96 Å². The van der Waals surface area contributed by atoms with E-state index in [2.05, 4.69) is 50.8 Å². The van der Waals surface area contributed by atoms with E-state index in [1.165, 1.54) is 11.1 Å². The molecule has 1 fully saturated rings. The summed E-state index contributed by atoms with van der Waals surface area (Å²) in [6.45, 7) is 10.1. The van der Waals surface area contributed by atoms with Gasteiger partial charge in [0.15, 0.2) is 0 Å². The Morgan fingerprint density at radius 3 is 2.50 bits per heavy atom. The number of benzene rings is 1. The molecule has 0 aliphatic carbocycles. The number of rotatable bonds is 2. The molecule has 2 rings (SSSR count). The Morgan fingerprint density at radius 1 is 1.28 bits per heavy atom. The van der Waals surface area contributed by atoms with Gasteiger partial charge in [-0.3, -0.25) is 0 Å².